The van der Waals surface area contributed by atoms with E-state index in [0.29, 0.717) is 0 Å². The van der Waals surface area contributed by atoms with Crippen molar-refractivity contribution < 1.29 is 0 Å². The van der Waals surface area contributed by atoms with Gasteiger partial charge in [-0.2, -0.15) is 0 Å². The number of nitrogens with one attached hydrogen (secondary N) is 2. The van der Waals surface area contributed by atoms with Crippen LogP contribution in [-0.2, 0) is 6.42 Å². The summed E-state index contributed by atoms with van der Waals surface area (Å²) in [7, 11) is 0. The zero-order valence-corrected chi connectivity index (χ0v) is 14.1. The summed E-state index contributed by atoms with van der Waals surface area (Å²) in [6.45, 7) is 5.80. The van der Waals surface area contributed by atoms with Crippen molar-refractivity contribution in [3.8, 4) is 11.3 Å². The van der Waals surface area contributed by atoms with Crippen molar-refractivity contribution in [3.63, 3.8) is 0 Å². The van der Waals surface area contributed by atoms with Crippen molar-refractivity contribution in [2.45, 2.75) is 12.8 Å². The van der Waals surface area contributed by atoms with Crippen LogP contribution in [0.2, 0.25) is 0 Å². The highest BCUT2D eigenvalue weighted by atomic mass is 15.2. The predicted molar refractivity (Wildman–Crippen MR) is 101 cm³/mol. The fraction of sp³-hybridized carbons (Fsp3) is 0.333. The molecular formula is C21H25N3. The zero-order valence-electron chi connectivity index (χ0n) is 14.1. The predicted octanol–water partition coefficient (Wildman–Crippen LogP) is 3.67. The second kappa shape index (κ2) is 7.20. The highest BCUT2D eigenvalue weighted by molar-refractivity contribution is 5.90. The molecule has 0 amide bonds. The molecule has 2 N–H and O–H groups in total. The van der Waals surface area contributed by atoms with Crippen molar-refractivity contribution in [2.75, 3.05) is 32.7 Å². The van der Waals surface area contributed by atoms with E-state index >= 15 is 0 Å². The van der Waals surface area contributed by atoms with E-state index < -0.39 is 0 Å². The van der Waals surface area contributed by atoms with E-state index in [0.717, 1.165) is 19.5 Å². The average Bonchev–Trinajstić information content (AvgIpc) is 3.02. The smallest absolute Gasteiger partial charge is 0.0497 e. The summed E-state index contributed by atoms with van der Waals surface area (Å²) in [4.78, 5) is 6.22. The second-order valence-electron chi connectivity index (χ2n) is 6.59. The van der Waals surface area contributed by atoms with Crippen LogP contribution in [0.1, 0.15) is 12.0 Å². The van der Waals surface area contributed by atoms with Gasteiger partial charge in [-0.25, -0.2) is 0 Å². The summed E-state index contributed by atoms with van der Waals surface area (Å²) in [6.07, 6.45) is 2.33. The third-order valence-corrected chi connectivity index (χ3v) is 4.99. The Labute approximate surface area is 143 Å². The Balaban J connectivity index is 1.58. The molecule has 3 aromatic rings. The largest absolute Gasteiger partial charge is 0.354 e. The Kier molecular flexibility index (Phi) is 4.63. The van der Waals surface area contributed by atoms with Gasteiger partial charge in [-0.05, 0) is 36.6 Å². The first kappa shape index (κ1) is 15.4. The van der Waals surface area contributed by atoms with Gasteiger partial charge in [0.1, 0.15) is 0 Å². The molecule has 2 aromatic carbocycles. The lowest BCUT2D eigenvalue weighted by atomic mass is 10.0. The van der Waals surface area contributed by atoms with Gasteiger partial charge in [0.2, 0.25) is 0 Å². The van der Waals surface area contributed by atoms with Gasteiger partial charge in [-0.3, -0.25) is 0 Å². The van der Waals surface area contributed by atoms with Crippen LogP contribution in [-0.4, -0.2) is 42.6 Å². The van der Waals surface area contributed by atoms with Gasteiger partial charge in [0, 0.05) is 42.8 Å². The molecule has 0 bridgehead atoms. The number of nitrogens with zero attached hydrogens (tertiary/aromatic N) is 1. The number of fused-ring (bicyclic) bond motifs is 1. The first-order valence-electron chi connectivity index (χ1n) is 9.00. The van der Waals surface area contributed by atoms with Crippen LogP contribution in [0.15, 0.2) is 54.6 Å². The molecule has 1 aliphatic heterocycles. The SMILES string of the molecule is c1ccc(-c2[nH]c3ccccc3c2CCCN2CCNCC2)cc1. The van der Waals surface area contributed by atoms with Crippen molar-refractivity contribution in [1.82, 2.24) is 15.2 Å². The lowest BCUT2D eigenvalue weighted by molar-refractivity contribution is 0.238. The van der Waals surface area contributed by atoms with E-state index in [-0.39, 0.29) is 0 Å². The van der Waals surface area contributed by atoms with Gasteiger partial charge in [0.25, 0.3) is 0 Å². The summed E-state index contributed by atoms with van der Waals surface area (Å²) in [5.74, 6) is 0. The number of H-pyrrole nitrogens is 1. The molecule has 3 heteroatoms. The molecule has 0 saturated carbocycles. The summed E-state index contributed by atoms with van der Waals surface area (Å²) in [5, 5.41) is 4.80. The summed E-state index contributed by atoms with van der Waals surface area (Å²) < 4.78 is 0. The number of benzene rings is 2. The van der Waals surface area contributed by atoms with Crippen molar-refractivity contribution >= 4 is 10.9 Å². The zero-order chi connectivity index (χ0) is 16.2. The monoisotopic (exact) mass is 319 g/mol. The first-order chi connectivity index (χ1) is 11.9. The van der Waals surface area contributed by atoms with Gasteiger partial charge >= 0.3 is 0 Å². The topological polar surface area (TPSA) is 31.1 Å². The van der Waals surface area contributed by atoms with E-state index in [4.69, 9.17) is 0 Å². The van der Waals surface area contributed by atoms with E-state index in [1.54, 1.807) is 0 Å². The molecule has 0 unspecified atom stereocenters. The molecule has 0 atom stereocenters. The number of hydrogen-bond acceptors (Lipinski definition) is 2. The Morgan fingerprint density at radius 1 is 0.875 bits per heavy atom. The molecule has 0 radical (unpaired) electrons. The Morgan fingerprint density at radius 3 is 2.46 bits per heavy atom. The highest BCUT2D eigenvalue weighted by Crippen LogP contribution is 2.31. The van der Waals surface area contributed by atoms with Crippen LogP contribution < -0.4 is 5.32 Å². The lowest BCUT2D eigenvalue weighted by Gasteiger charge is -2.27. The van der Waals surface area contributed by atoms with Crippen molar-refractivity contribution in [3.05, 3.63) is 60.2 Å². The number of para-hydroxylation sites is 1. The summed E-state index contributed by atoms with van der Waals surface area (Å²) in [6, 6.07) is 19.4. The number of aryl methyl sites for hydroxylation is 1. The van der Waals surface area contributed by atoms with Gasteiger partial charge in [-0.1, -0.05) is 48.5 Å². The third-order valence-electron chi connectivity index (χ3n) is 4.99. The van der Waals surface area contributed by atoms with Crippen LogP contribution in [0, 0.1) is 0 Å². The maximum absolute atomic E-state index is 3.65. The molecule has 24 heavy (non-hydrogen) atoms. The number of aromatic amines is 1. The molecule has 1 aliphatic rings. The van der Waals surface area contributed by atoms with Crippen molar-refractivity contribution in [2.24, 2.45) is 0 Å². The Morgan fingerprint density at radius 2 is 1.62 bits per heavy atom. The molecule has 4 rings (SSSR count). The van der Waals surface area contributed by atoms with E-state index in [2.05, 4.69) is 69.8 Å². The fourth-order valence-corrected chi connectivity index (χ4v) is 3.73. The number of rotatable bonds is 5. The molecule has 1 aromatic heterocycles. The standard InChI is InChI=1S/C21H25N3/c1-2-7-17(8-3-1)21-19(18-9-4-5-11-20(18)23-21)10-6-14-24-15-12-22-13-16-24/h1-5,7-9,11,22-23H,6,10,12-16H2. The second-order valence-corrected chi connectivity index (χ2v) is 6.59. The minimum atomic E-state index is 1.12. The van der Waals surface area contributed by atoms with E-state index in [9.17, 15) is 0 Å². The molecule has 124 valence electrons. The van der Waals surface area contributed by atoms with E-state index in [1.807, 2.05) is 0 Å². The minimum Gasteiger partial charge on any atom is -0.354 e. The Bertz CT molecular complexity index is 785. The van der Waals surface area contributed by atoms with Crippen LogP contribution in [0.3, 0.4) is 0 Å². The summed E-state index contributed by atoms with van der Waals surface area (Å²) >= 11 is 0. The van der Waals surface area contributed by atoms with Crippen LogP contribution in [0.5, 0.6) is 0 Å². The molecule has 3 nitrogen and oxygen atoms in total. The molecule has 2 heterocycles. The average molecular weight is 319 g/mol. The minimum absolute atomic E-state index is 1.12. The highest BCUT2D eigenvalue weighted by Gasteiger charge is 2.14. The first-order valence-corrected chi connectivity index (χ1v) is 9.00. The van der Waals surface area contributed by atoms with Gasteiger partial charge < -0.3 is 15.2 Å². The maximum Gasteiger partial charge on any atom is 0.0497 e. The number of aromatic nitrogens is 1. The van der Waals surface area contributed by atoms with Gasteiger partial charge in [-0.15, -0.1) is 0 Å². The fourth-order valence-electron chi connectivity index (χ4n) is 3.73. The van der Waals surface area contributed by atoms with Gasteiger partial charge in [0.15, 0.2) is 0 Å². The molecular weight excluding hydrogens is 294 g/mol. The lowest BCUT2D eigenvalue weighted by Crippen LogP contribution is -2.43. The van der Waals surface area contributed by atoms with Crippen molar-refractivity contribution in [1.29, 1.82) is 0 Å². The quantitative estimate of drug-likeness (QED) is 0.752. The summed E-state index contributed by atoms with van der Waals surface area (Å²) in [5.41, 5.74) is 5.28. The maximum atomic E-state index is 3.65. The molecule has 0 aliphatic carbocycles. The van der Waals surface area contributed by atoms with Crippen LogP contribution >= 0.6 is 0 Å². The normalized spacial score (nSPS) is 15.8. The van der Waals surface area contributed by atoms with E-state index in [1.165, 1.54) is 53.8 Å². The van der Waals surface area contributed by atoms with Gasteiger partial charge in [0.05, 0.1) is 0 Å². The van der Waals surface area contributed by atoms with Crippen LogP contribution in [0.25, 0.3) is 22.2 Å². The number of piperazine rings is 1. The van der Waals surface area contributed by atoms with Crippen LogP contribution in [0.4, 0.5) is 0 Å². The molecule has 0 spiro atoms. The molecule has 1 saturated heterocycles. The third kappa shape index (κ3) is 3.23. The Hall–Kier alpha value is -2.10. The molecule has 1 fully saturated rings. The number of hydrogen-bond donors (Lipinski definition) is 2.